The first-order chi connectivity index (χ1) is 13.6. The molecule has 0 bridgehead atoms. The Bertz CT molecular complexity index is 782. The molecule has 5 heteroatoms. The van der Waals surface area contributed by atoms with E-state index in [4.69, 9.17) is 5.73 Å². The number of hydrogen-bond acceptors (Lipinski definition) is 3. The molecule has 1 saturated heterocycles. The number of nitrogens with zero attached hydrogens (tertiary/aromatic N) is 1. The van der Waals surface area contributed by atoms with Gasteiger partial charge in [-0.3, -0.25) is 0 Å². The molecule has 2 aromatic carbocycles. The van der Waals surface area contributed by atoms with Crippen LogP contribution in [0.4, 0.5) is 8.78 Å². The van der Waals surface area contributed by atoms with Gasteiger partial charge in [0.1, 0.15) is 11.6 Å². The van der Waals surface area contributed by atoms with Gasteiger partial charge in [0.15, 0.2) is 0 Å². The number of benzene rings is 2. The molecule has 0 radical (unpaired) electrons. The Hall–Kier alpha value is -2.66. The lowest BCUT2D eigenvalue weighted by molar-refractivity contribution is 0.258. The van der Waals surface area contributed by atoms with Crippen molar-refractivity contribution in [3.63, 3.8) is 0 Å². The SMILES string of the molecule is CN/C(=C\N)CCN1CCC(=C(c2ccc(F)cc2)c2ccc(F)cc2)CC1. The summed E-state index contributed by atoms with van der Waals surface area (Å²) in [5.41, 5.74) is 11.0. The summed E-state index contributed by atoms with van der Waals surface area (Å²) in [6.07, 6.45) is 4.39. The van der Waals surface area contributed by atoms with Crippen molar-refractivity contribution in [1.82, 2.24) is 10.2 Å². The molecule has 3 rings (SSSR count). The molecule has 1 aliphatic heterocycles. The lowest BCUT2D eigenvalue weighted by atomic mass is 9.88. The van der Waals surface area contributed by atoms with Crippen LogP contribution in [0.2, 0.25) is 0 Å². The normalized spacial score (nSPS) is 15.5. The summed E-state index contributed by atoms with van der Waals surface area (Å²) in [4.78, 5) is 2.43. The summed E-state index contributed by atoms with van der Waals surface area (Å²) in [7, 11) is 1.88. The molecule has 0 amide bonds. The average molecular weight is 383 g/mol. The number of nitrogens with one attached hydrogen (secondary N) is 1. The third-order valence-electron chi connectivity index (χ3n) is 5.30. The summed E-state index contributed by atoms with van der Waals surface area (Å²) in [5.74, 6) is -0.509. The van der Waals surface area contributed by atoms with E-state index < -0.39 is 0 Å². The predicted octanol–water partition coefficient (Wildman–Crippen LogP) is 4.27. The molecule has 2 aromatic rings. The highest BCUT2D eigenvalue weighted by atomic mass is 19.1. The van der Waals surface area contributed by atoms with Crippen LogP contribution in [0.25, 0.3) is 5.57 Å². The summed E-state index contributed by atoms with van der Waals surface area (Å²) in [6.45, 7) is 2.88. The number of nitrogens with two attached hydrogens (primary N) is 1. The lowest BCUT2D eigenvalue weighted by Gasteiger charge is -2.30. The molecule has 3 nitrogen and oxygen atoms in total. The highest BCUT2D eigenvalue weighted by Crippen LogP contribution is 2.32. The second-order valence-corrected chi connectivity index (χ2v) is 7.03. The van der Waals surface area contributed by atoms with E-state index in [1.807, 2.05) is 7.05 Å². The third-order valence-corrected chi connectivity index (χ3v) is 5.30. The fraction of sp³-hybridized carbons (Fsp3) is 0.304. The second-order valence-electron chi connectivity index (χ2n) is 7.03. The smallest absolute Gasteiger partial charge is 0.123 e. The van der Waals surface area contributed by atoms with E-state index in [1.54, 1.807) is 30.5 Å². The van der Waals surface area contributed by atoms with Gasteiger partial charge >= 0.3 is 0 Å². The monoisotopic (exact) mass is 383 g/mol. The van der Waals surface area contributed by atoms with E-state index in [9.17, 15) is 8.78 Å². The molecule has 1 aliphatic rings. The van der Waals surface area contributed by atoms with Gasteiger partial charge in [-0.25, -0.2) is 8.78 Å². The average Bonchev–Trinajstić information content (AvgIpc) is 2.73. The largest absolute Gasteiger partial charge is 0.403 e. The zero-order valence-electron chi connectivity index (χ0n) is 16.2. The molecule has 3 N–H and O–H groups in total. The molecule has 1 fully saturated rings. The Morgan fingerprint density at radius 1 is 0.964 bits per heavy atom. The van der Waals surface area contributed by atoms with Gasteiger partial charge in [0.25, 0.3) is 0 Å². The van der Waals surface area contributed by atoms with Crippen LogP contribution in [0.5, 0.6) is 0 Å². The van der Waals surface area contributed by atoms with Crippen molar-refractivity contribution in [1.29, 1.82) is 0 Å². The van der Waals surface area contributed by atoms with Crippen molar-refractivity contribution >= 4 is 5.57 Å². The Kier molecular flexibility index (Phi) is 6.82. The van der Waals surface area contributed by atoms with Gasteiger partial charge in [0.05, 0.1) is 0 Å². The predicted molar refractivity (Wildman–Crippen MR) is 110 cm³/mol. The van der Waals surface area contributed by atoms with E-state index in [0.29, 0.717) is 0 Å². The van der Waals surface area contributed by atoms with E-state index in [1.165, 1.54) is 29.8 Å². The molecule has 0 aliphatic carbocycles. The van der Waals surface area contributed by atoms with E-state index in [2.05, 4.69) is 10.2 Å². The fourth-order valence-electron chi connectivity index (χ4n) is 3.67. The van der Waals surface area contributed by atoms with Gasteiger partial charge < -0.3 is 16.0 Å². The first kappa shape index (κ1) is 20.1. The number of hydrogen-bond donors (Lipinski definition) is 2. The van der Waals surface area contributed by atoms with Crippen molar-refractivity contribution in [3.05, 3.63) is 88.8 Å². The molecule has 0 aromatic heterocycles. The standard InChI is InChI=1S/C23H27F2N3/c1-27-22(16-26)12-15-28-13-10-19(11-14-28)23(17-2-6-20(24)7-3-17)18-4-8-21(25)9-5-18/h2-9,16,27H,10-15,26H2,1H3/b22-16-. The van der Waals surface area contributed by atoms with Crippen molar-refractivity contribution in [2.24, 2.45) is 5.73 Å². The summed E-state index contributed by atoms with van der Waals surface area (Å²) in [6, 6.07) is 13.1. The van der Waals surface area contributed by atoms with Gasteiger partial charge in [-0.1, -0.05) is 29.8 Å². The van der Waals surface area contributed by atoms with Gasteiger partial charge in [-0.2, -0.15) is 0 Å². The third kappa shape index (κ3) is 4.98. The van der Waals surface area contributed by atoms with Crippen LogP contribution < -0.4 is 11.1 Å². The highest BCUT2D eigenvalue weighted by Gasteiger charge is 2.19. The first-order valence-corrected chi connectivity index (χ1v) is 9.65. The Morgan fingerprint density at radius 2 is 1.46 bits per heavy atom. The maximum Gasteiger partial charge on any atom is 0.123 e. The molecule has 148 valence electrons. The van der Waals surface area contributed by atoms with Crippen molar-refractivity contribution in [2.45, 2.75) is 19.3 Å². The van der Waals surface area contributed by atoms with Crippen molar-refractivity contribution < 1.29 is 8.78 Å². The molecule has 28 heavy (non-hydrogen) atoms. The molecule has 0 saturated carbocycles. The van der Waals surface area contributed by atoms with Crippen LogP contribution in [0, 0.1) is 11.6 Å². The minimum absolute atomic E-state index is 0.254. The summed E-state index contributed by atoms with van der Waals surface area (Å²) in [5, 5.41) is 3.11. The van der Waals surface area contributed by atoms with Gasteiger partial charge in [-0.05, 0) is 53.8 Å². The van der Waals surface area contributed by atoms with Crippen molar-refractivity contribution in [3.8, 4) is 0 Å². The first-order valence-electron chi connectivity index (χ1n) is 9.65. The van der Waals surface area contributed by atoms with Crippen molar-refractivity contribution in [2.75, 3.05) is 26.7 Å². The topological polar surface area (TPSA) is 41.3 Å². The zero-order valence-corrected chi connectivity index (χ0v) is 16.2. The quantitative estimate of drug-likeness (QED) is 0.783. The minimum atomic E-state index is -0.254. The van der Waals surface area contributed by atoms with Crippen LogP contribution in [0.3, 0.4) is 0 Å². The zero-order chi connectivity index (χ0) is 19.9. The lowest BCUT2D eigenvalue weighted by Crippen LogP contribution is -2.33. The van der Waals surface area contributed by atoms with Crippen LogP contribution >= 0.6 is 0 Å². The van der Waals surface area contributed by atoms with Crippen LogP contribution in [-0.4, -0.2) is 31.6 Å². The Balaban J connectivity index is 1.81. The Labute approximate surface area is 165 Å². The molecule has 1 heterocycles. The van der Waals surface area contributed by atoms with E-state index in [-0.39, 0.29) is 11.6 Å². The van der Waals surface area contributed by atoms with Crippen LogP contribution in [0.15, 0.2) is 66.0 Å². The van der Waals surface area contributed by atoms with Crippen LogP contribution in [-0.2, 0) is 0 Å². The van der Waals surface area contributed by atoms with Gasteiger partial charge in [0, 0.05) is 45.0 Å². The minimum Gasteiger partial charge on any atom is -0.403 e. The molecular weight excluding hydrogens is 356 g/mol. The maximum atomic E-state index is 13.4. The number of piperidine rings is 1. The van der Waals surface area contributed by atoms with Gasteiger partial charge in [0.2, 0.25) is 0 Å². The highest BCUT2D eigenvalue weighted by molar-refractivity contribution is 5.82. The number of halogens is 2. The number of likely N-dealkylation sites (tertiary alicyclic amines) is 1. The van der Waals surface area contributed by atoms with Crippen LogP contribution in [0.1, 0.15) is 30.4 Å². The summed E-state index contributed by atoms with van der Waals surface area (Å²) >= 11 is 0. The van der Waals surface area contributed by atoms with E-state index in [0.717, 1.165) is 61.3 Å². The number of rotatable bonds is 6. The maximum absolute atomic E-state index is 13.4. The summed E-state index contributed by atoms with van der Waals surface area (Å²) < 4.78 is 26.8. The second kappa shape index (κ2) is 9.51. The molecule has 0 spiro atoms. The molecule has 0 unspecified atom stereocenters. The Morgan fingerprint density at radius 3 is 1.89 bits per heavy atom. The fourth-order valence-corrected chi connectivity index (χ4v) is 3.67. The van der Waals surface area contributed by atoms with Gasteiger partial charge in [-0.15, -0.1) is 0 Å². The molecular formula is C23H27F2N3. The molecule has 0 atom stereocenters. The van der Waals surface area contributed by atoms with E-state index >= 15 is 0 Å².